The first-order valence-electron chi connectivity index (χ1n) is 15.1. The van der Waals surface area contributed by atoms with Gasteiger partial charge in [-0.1, -0.05) is 13.8 Å². The number of likely N-dealkylation sites (N-methyl/N-ethyl adjacent to an activating group) is 1. The van der Waals surface area contributed by atoms with Crippen LogP contribution in [0, 0.1) is 22.7 Å². The molecule has 6 fully saturated rings. The first kappa shape index (κ1) is 26.2. The second-order valence-electron chi connectivity index (χ2n) is 14.2. The van der Waals surface area contributed by atoms with E-state index in [0.29, 0.717) is 17.9 Å². The van der Waals surface area contributed by atoms with Gasteiger partial charge in [-0.3, -0.25) is 9.69 Å². The highest BCUT2D eigenvalue weighted by Gasteiger charge is 2.85. The normalized spacial score (nSPS) is 49.4. The van der Waals surface area contributed by atoms with Crippen molar-refractivity contribution in [2.24, 2.45) is 22.7 Å². The lowest BCUT2D eigenvalue weighted by Crippen LogP contribution is -2.66. The SMILES string of the molecule is CC(=O)O[C@H]1[C@H]2O[C@]23[C@@H]2CC[C@]4(O)C[C@@H](N5CCN(C)CC5)CC[C@]4(C)[C@H]2CC[C@]3(C)[C@H]1c1ccc(=O)oc1. The number of epoxide rings is 1. The summed E-state index contributed by atoms with van der Waals surface area (Å²) in [6.45, 7) is 10.5. The van der Waals surface area contributed by atoms with Crippen molar-refractivity contribution < 1.29 is 23.8 Å². The summed E-state index contributed by atoms with van der Waals surface area (Å²) in [5.41, 5.74) is -0.913. The molecule has 1 spiro atoms. The van der Waals surface area contributed by atoms with Crippen molar-refractivity contribution in [3.8, 4) is 0 Å². The highest BCUT2D eigenvalue weighted by molar-refractivity contribution is 5.66. The van der Waals surface area contributed by atoms with E-state index >= 15 is 0 Å². The van der Waals surface area contributed by atoms with Gasteiger partial charge in [0.25, 0.3) is 0 Å². The molecular formula is C31H44N2O6. The molecule has 10 atom stereocenters. The van der Waals surface area contributed by atoms with Gasteiger partial charge in [-0.2, -0.15) is 0 Å². The van der Waals surface area contributed by atoms with Crippen LogP contribution in [0.2, 0.25) is 0 Å². The predicted molar refractivity (Wildman–Crippen MR) is 144 cm³/mol. The van der Waals surface area contributed by atoms with Gasteiger partial charge in [0.1, 0.15) is 17.8 Å². The lowest BCUT2D eigenvalue weighted by Gasteiger charge is -2.64. The first-order valence-corrected chi connectivity index (χ1v) is 15.1. The molecule has 0 aromatic carbocycles. The van der Waals surface area contributed by atoms with Crippen LogP contribution in [0.15, 0.2) is 27.6 Å². The number of hydrogen-bond acceptors (Lipinski definition) is 8. The third kappa shape index (κ3) is 3.50. The molecule has 2 saturated heterocycles. The van der Waals surface area contributed by atoms with Gasteiger partial charge in [0.15, 0.2) is 0 Å². The predicted octanol–water partition coefficient (Wildman–Crippen LogP) is 3.17. The number of nitrogens with zero attached hydrogens (tertiary/aromatic N) is 2. The van der Waals surface area contributed by atoms with Gasteiger partial charge in [-0.25, -0.2) is 4.79 Å². The van der Waals surface area contributed by atoms with E-state index in [1.165, 1.54) is 13.0 Å². The number of rotatable bonds is 3. The second-order valence-corrected chi connectivity index (χ2v) is 14.2. The summed E-state index contributed by atoms with van der Waals surface area (Å²) in [7, 11) is 2.20. The first-order chi connectivity index (χ1) is 18.5. The zero-order valence-corrected chi connectivity index (χ0v) is 23.9. The average molecular weight is 541 g/mol. The Hall–Kier alpha value is -1.74. The molecule has 4 aliphatic carbocycles. The molecule has 1 aromatic rings. The number of fused-ring (bicyclic) bond motifs is 3. The zero-order valence-electron chi connectivity index (χ0n) is 23.9. The zero-order chi connectivity index (χ0) is 27.4. The molecule has 0 amide bonds. The average Bonchev–Trinajstić information content (AvgIpc) is 3.60. The Morgan fingerprint density at radius 3 is 2.44 bits per heavy atom. The highest BCUT2D eigenvalue weighted by Crippen LogP contribution is 2.78. The quantitative estimate of drug-likeness (QED) is 0.462. The van der Waals surface area contributed by atoms with Crippen molar-refractivity contribution in [1.82, 2.24) is 9.80 Å². The molecule has 8 heteroatoms. The van der Waals surface area contributed by atoms with Gasteiger partial charge in [0.05, 0.1) is 11.9 Å². The van der Waals surface area contributed by atoms with Gasteiger partial charge in [0, 0.05) is 56.5 Å². The molecule has 3 heterocycles. The fourth-order valence-electron chi connectivity index (χ4n) is 10.6. The number of piperazine rings is 1. The Morgan fingerprint density at radius 1 is 1.03 bits per heavy atom. The van der Waals surface area contributed by atoms with E-state index in [4.69, 9.17) is 13.9 Å². The minimum atomic E-state index is -0.661. The number of esters is 1. The molecule has 0 radical (unpaired) electrons. The van der Waals surface area contributed by atoms with E-state index in [0.717, 1.165) is 76.7 Å². The molecule has 1 aromatic heterocycles. The van der Waals surface area contributed by atoms with Crippen molar-refractivity contribution in [1.29, 1.82) is 0 Å². The fraction of sp³-hybridized carbons (Fsp3) is 0.806. The molecule has 6 aliphatic rings. The van der Waals surface area contributed by atoms with Crippen LogP contribution in [0.1, 0.15) is 77.2 Å². The largest absolute Gasteiger partial charge is 0.459 e. The maximum absolute atomic E-state index is 12.4. The minimum absolute atomic E-state index is 0.0907. The van der Waals surface area contributed by atoms with Crippen LogP contribution in [-0.2, 0) is 14.3 Å². The highest BCUT2D eigenvalue weighted by atomic mass is 16.7. The van der Waals surface area contributed by atoms with E-state index in [-0.39, 0.29) is 40.0 Å². The Bertz CT molecular complexity index is 1190. The van der Waals surface area contributed by atoms with Crippen molar-refractivity contribution in [3.05, 3.63) is 34.4 Å². The molecule has 4 saturated carbocycles. The Labute approximate surface area is 231 Å². The molecular weight excluding hydrogens is 496 g/mol. The van der Waals surface area contributed by atoms with Crippen LogP contribution < -0.4 is 5.63 Å². The molecule has 214 valence electrons. The maximum Gasteiger partial charge on any atom is 0.335 e. The van der Waals surface area contributed by atoms with Gasteiger partial charge >= 0.3 is 11.6 Å². The second kappa shape index (κ2) is 8.63. The van der Waals surface area contributed by atoms with Gasteiger partial charge in [-0.05, 0) is 80.9 Å². The number of aliphatic hydroxyl groups is 1. The lowest BCUT2D eigenvalue weighted by molar-refractivity contribution is -0.220. The fourth-order valence-corrected chi connectivity index (χ4v) is 10.6. The summed E-state index contributed by atoms with van der Waals surface area (Å²) in [5.74, 6) is 0.282. The number of carbonyl (C=O) groups excluding carboxylic acids is 1. The lowest BCUT2D eigenvalue weighted by atomic mass is 9.42. The number of hydrogen-bond donors (Lipinski definition) is 1. The third-order valence-electron chi connectivity index (χ3n) is 12.7. The summed E-state index contributed by atoms with van der Waals surface area (Å²) < 4.78 is 18.0. The summed E-state index contributed by atoms with van der Waals surface area (Å²) in [4.78, 5) is 29.0. The summed E-state index contributed by atoms with van der Waals surface area (Å²) in [6.07, 6.45) is 7.73. The van der Waals surface area contributed by atoms with Crippen LogP contribution >= 0.6 is 0 Å². The Kier molecular flexibility index (Phi) is 5.80. The Balaban J connectivity index is 1.19. The van der Waals surface area contributed by atoms with Crippen LogP contribution in [0.25, 0.3) is 0 Å². The molecule has 7 rings (SSSR count). The van der Waals surface area contributed by atoms with Crippen molar-refractivity contribution in [3.63, 3.8) is 0 Å². The molecule has 0 bridgehead atoms. The van der Waals surface area contributed by atoms with Gasteiger partial charge < -0.3 is 23.9 Å². The van der Waals surface area contributed by atoms with E-state index in [2.05, 4.69) is 30.7 Å². The molecule has 0 unspecified atom stereocenters. The smallest absolute Gasteiger partial charge is 0.335 e. The standard InChI is InChI=1S/C31H44N2O6/c1-19(34)38-26-25(20-5-6-24(35)37-18-20)29(3)11-8-22-23(31(29)27(26)39-31)9-12-30(36)17-21(7-10-28(22,30)2)33-15-13-32(4)14-16-33/h5-6,18,21-23,25-27,36H,7-17H2,1-4H3/t21-,22-,23+,25-,26+,27+,28+,29+,30-,31+/m0/s1. The number of carbonyl (C=O) groups is 1. The summed E-state index contributed by atoms with van der Waals surface area (Å²) in [5, 5.41) is 12.4. The van der Waals surface area contributed by atoms with E-state index < -0.39 is 11.7 Å². The maximum atomic E-state index is 12.4. The monoisotopic (exact) mass is 540 g/mol. The Morgan fingerprint density at radius 2 is 1.74 bits per heavy atom. The van der Waals surface area contributed by atoms with Crippen molar-refractivity contribution >= 4 is 5.97 Å². The summed E-state index contributed by atoms with van der Waals surface area (Å²) in [6, 6.07) is 3.76. The van der Waals surface area contributed by atoms with Crippen LogP contribution in [0.3, 0.4) is 0 Å². The van der Waals surface area contributed by atoms with Crippen LogP contribution in [-0.4, -0.2) is 83.6 Å². The molecule has 1 N–H and O–H groups in total. The molecule has 39 heavy (non-hydrogen) atoms. The number of ether oxygens (including phenoxy) is 2. The van der Waals surface area contributed by atoms with E-state index in [1.807, 2.05) is 6.07 Å². The van der Waals surface area contributed by atoms with E-state index in [1.54, 1.807) is 6.26 Å². The van der Waals surface area contributed by atoms with Gasteiger partial charge in [0.2, 0.25) is 0 Å². The summed E-state index contributed by atoms with van der Waals surface area (Å²) >= 11 is 0. The van der Waals surface area contributed by atoms with Crippen molar-refractivity contribution in [2.75, 3.05) is 33.2 Å². The van der Waals surface area contributed by atoms with Crippen LogP contribution in [0.5, 0.6) is 0 Å². The van der Waals surface area contributed by atoms with Crippen molar-refractivity contribution in [2.45, 2.75) is 101 Å². The molecule has 8 nitrogen and oxygen atoms in total. The van der Waals surface area contributed by atoms with Gasteiger partial charge in [-0.15, -0.1) is 0 Å². The van der Waals surface area contributed by atoms with Crippen LogP contribution in [0.4, 0.5) is 0 Å². The van der Waals surface area contributed by atoms with E-state index in [9.17, 15) is 14.7 Å². The topological polar surface area (TPSA) is 95.8 Å². The molecule has 2 aliphatic heterocycles. The minimum Gasteiger partial charge on any atom is -0.459 e. The third-order valence-corrected chi connectivity index (χ3v) is 12.7.